The summed E-state index contributed by atoms with van der Waals surface area (Å²) < 4.78 is 41.3. The fourth-order valence-electron chi connectivity index (χ4n) is 3.65. The van der Waals surface area contributed by atoms with Gasteiger partial charge in [0.15, 0.2) is 0 Å². The van der Waals surface area contributed by atoms with Crippen molar-refractivity contribution in [3.63, 3.8) is 0 Å². The van der Waals surface area contributed by atoms with Crippen LogP contribution in [0, 0.1) is 10.1 Å². The number of ether oxygens (including phenoxy) is 1. The molecule has 178 valence electrons. The summed E-state index contributed by atoms with van der Waals surface area (Å²) in [6.45, 7) is 0. The zero-order valence-corrected chi connectivity index (χ0v) is 17.5. The molecule has 2 heterocycles. The molecule has 1 amide bonds. The Balaban J connectivity index is 1.85. The van der Waals surface area contributed by atoms with E-state index in [0.717, 1.165) is 35.2 Å². The number of hydrogen-bond donors (Lipinski definition) is 1. The van der Waals surface area contributed by atoms with Gasteiger partial charge < -0.3 is 9.84 Å². The standard InChI is InChI=1S/C23H14F3N3O6/c24-23(25,26)35-16-9-7-14(8-10-16)28-19(17-6-1-2-11-27-17)18(21(31)22(28)32)20(30)13-4-3-5-15(12-13)29(33)34/h1-12,19,30H/b20-18-. The molecule has 1 unspecified atom stereocenters. The predicted octanol–water partition coefficient (Wildman–Crippen LogP) is 4.51. The fraction of sp³-hybridized carbons (Fsp3) is 0.0870. The molecule has 1 atom stereocenters. The molecule has 1 aliphatic heterocycles. The number of hydrogen-bond acceptors (Lipinski definition) is 7. The SMILES string of the molecule is O=C1C(=O)N(c2ccc(OC(F)(F)F)cc2)C(c2ccccn2)/C1=C(/O)c1cccc([N+](=O)[O-])c1. The van der Waals surface area contributed by atoms with E-state index >= 15 is 0 Å². The van der Waals surface area contributed by atoms with Crippen LogP contribution in [0.15, 0.2) is 78.5 Å². The molecule has 1 aliphatic rings. The minimum atomic E-state index is -4.92. The number of alkyl halides is 3. The molecule has 35 heavy (non-hydrogen) atoms. The van der Waals surface area contributed by atoms with Crippen LogP contribution in [-0.4, -0.2) is 33.1 Å². The Morgan fingerprint density at radius 2 is 1.77 bits per heavy atom. The number of anilines is 1. The van der Waals surface area contributed by atoms with Crippen molar-refractivity contribution in [2.24, 2.45) is 0 Å². The van der Waals surface area contributed by atoms with E-state index in [-0.39, 0.29) is 28.2 Å². The summed E-state index contributed by atoms with van der Waals surface area (Å²) in [5, 5.41) is 22.1. The van der Waals surface area contributed by atoms with Gasteiger partial charge in [-0.2, -0.15) is 0 Å². The minimum Gasteiger partial charge on any atom is -0.507 e. The highest BCUT2D eigenvalue weighted by Crippen LogP contribution is 2.42. The molecule has 1 N–H and O–H groups in total. The molecule has 1 saturated heterocycles. The van der Waals surface area contributed by atoms with E-state index in [1.165, 1.54) is 30.5 Å². The number of aliphatic hydroxyl groups is 1. The molecule has 9 nitrogen and oxygen atoms in total. The van der Waals surface area contributed by atoms with E-state index < -0.39 is 40.5 Å². The lowest BCUT2D eigenvalue weighted by atomic mass is 9.98. The number of rotatable bonds is 5. The number of Topliss-reactive ketones (excluding diaryl/α,β-unsaturated/α-hetero) is 1. The van der Waals surface area contributed by atoms with E-state index in [0.29, 0.717) is 0 Å². The van der Waals surface area contributed by atoms with Crippen LogP contribution in [0.5, 0.6) is 5.75 Å². The number of carbonyl (C=O) groups excluding carboxylic acids is 2. The van der Waals surface area contributed by atoms with Crippen LogP contribution in [0.1, 0.15) is 17.3 Å². The molecule has 0 spiro atoms. The highest BCUT2D eigenvalue weighted by atomic mass is 19.4. The van der Waals surface area contributed by atoms with Gasteiger partial charge in [-0.05, 0) is 36.4 Å². The zero-order valence-electron chi connectivity index (χ0n) is 17.5. The number of nitro benzene ring substituents is 1. The van der Waals surface area contributed by atoms with Crippen LogP contribution < -0.4 is 9.64 Å². The number of nitro groups is 1. The Bertz CT molecular complexity index is 1340. The summed E-state index contributed by atoms with van der Waals surface area (Å²) >= 11 is 0. The normalized spacial score (nSPS) is 17.5. The topological polar surface area (TPSA) is 123 Å². The second-order valence-electron chi connectivity index (χ2n) is 7.27. The van der Waals surface area contributed by atoms with Crippen molar-refractivity contribution in [3.8, 4) is 5.75 Å². The quantitative estimate of drug-likeness (QED) is 0.185. The maximum absolute atomic E-state index is 13.0. The third-order valence-electron chi connectivity index (χ3n) is 5.09. The molecular formula is C23H14F3N3O6. The van der Waals surface area contributed by atoms with Gasteiger partial charge in [-0.25, -0.2) is 0 Å². The molecule has 4 rings (SSSR count). The van der Waals surface area contributed by atoms with Crippen molar-refractivity contribution in [2.45, 2.75) is 12.4 Å². The number of halogens is 3. The number of nitrogens with zero attached hydrogens (tertiary/aromatic N) is 3. The summed E-state index contributed by atoms with van der Waals surface area (Å²) in [5.74, 6) is -3.37. The summed E-state index contributed by atoms with van der Waals surface area (Å²) in [4.78, 5) is 41.6. The van der Waals surface area contributed by atoms with Crippen molar-refractivity contribution in [2.75, 3.05) is 4.90 Å². The van der Waals surface area contributed by atoms with E-state index in [4.69, 9.17) is 0 Å². The summed E-state index contributed by atoms with van der Waals surface area (Å²) in [6.07, 6.45) is -3.53. The first-order chi connectivity index (χ1) is 16.6. The van der Waals surface area contributed by atoms with Crippen LogP contribution in [-0.2, 0) is 9.59 Å². The maximum atomic E-state index is 13.0. The third-order valence-corrected chi connectivity index (χ3v) is 5.09. The lowest BCUT2D eigenvalue weighted by molar-refractivity contribution is -0.384. The molecule has 0 saturated carbocycles. The maximum Gasteiger partial charge on any atom is 0.573 e. The van der Waals surface area contributed by atoms with Gasteiger partial charge in [0, 0.05) is 29.6 Å². The number of amides is 1. The number of carbonyl (C=O) groups is 2. The molecule has 12 heteroatoms. The number of ketones is 1. The average molecular weight is 485 g/mol. The Morgan fingerprint density at radius 1 is 1.06 bits per heavy atom. The van der Waals surface area contributed by atoms with Crippen LogP contribution in [0.4, 0.5) is 24.5 Å². The number of non-ortho nitro benzene ring substituents is 1. The van der Waals surface area contributed by atoms with Crippen molar-refractivity contribution in [1.29, 1.82) is 0 Å². The predicted molar refractivity (Wildman–Crippen MR) is 115 cm³/mol. The Labute approximate surface area is 194 Å². The minimum absolute atomic E-state index is 0.0374. The van der Waals surface area contributed by atoms with E-state index in [9.17, 15) is 38.0 Å². The molecule has 1 fully saturated rings. The molecule has 3 aromatic rings. The second kappa shape index (κ2) is 8.89. The van der Waals surface area contributed by atoms with Crippen LogP contribution in [0.2, 0.25) is 0 Å². The second-order valence-corrected chi connectivity index (χ2v) is 7.27. The lowest BCUT2D eigenvalue weighted by Crippen LogP contribution is -2.29. The Hall–Kier alpha value is -4.74. The van der Waals surface area contributed by atoms with Gasteiger partial charge in [0.05, 0.1) is 16.2 Å². The zero-order chi connectivity index (χ0) is 25.3. The highest BCUT2D eigenvalue weighted by Gasteiger charge is 2.47. The number of aromatic nitrogens is 1. The molecular weight excluding hydrogens is 471 g/mol. The average Bonchev–Trinajstić information content (AvgIpc) is 3.09. The molecule has 2 aromatic carbocycles. The number of benzene rings is 2. The van der Waals surface area contributed by atoms with Crippen molar-refractivity contribution < 1.29 is 37.5 Å². The first-order valence-corrected chi connectivity index (χ1v) is 9.89. The van der Waals surface area contributed by atoms with Gasteiger partial charge in [0.1, 0.15) is 17.6 Å². The van der Waals surface area contributed by atoms with Gasteiger partial charge >= 0.3 is 6.36 Å². The summed E-state index contributed by atoms with van der Waals surface area (Å²) in [5.41, 5.74) is -0.598. The first kappa shape index (κ1) is 23.4. The molecule has 0 aliphatic carbocycles. The smallest absolute Gasteiger partial charge is 0.507 e. The lowest BCUT2D eigenvalue weighted by Gasteiger charge is -2.24. The van der Waals surface area contributed by atoms with Gasteiger partial charge in [-0.15, -0.1) is 13.2 Å². The largest absolute Gasteiger partial charge is 0.573 e. The van der Waals surface area contributed by atoms with Gasteiger partial charge in [0.2, 0.25) is 0 Å². The molecule has 1 aromatic heterocycles. The van der Waals surface area contributed by atoms with Crippen molar-refractivity contribution in [3.05, 3.63) is 99.9 Å². The number of pyridine rings is 1. The van der Waals surface area contributed by atoms with Crippen molar-refractivity contribution >= 4 is 28.8 Å². The van der Waals surface area contributed by atoms with Crippen molar-refractivity contribution in [1.82, 2.24) is 4.98 Å². The van der Waals surface area contributed by atoms with Crippen LogP contribution in [0.3, 0.4) is 0 Å². The van der Waals surface area contributed by atoms with E-state index in [1.807, 2.05) is 0 Å². The summed E-state index contributed by atoms with van der Waals surface area (Å²) in [7, 11) is 0. The highest BCUT2D eigenvalue weighted by molar-refractivity contribution is 6.51. The van der Waals surface area contributed by atoms with Crippen LogP contribution >= 0.6 is 0 Å². The van der Waals surface area contributed by atoms with Crippen LogP contribution in [0.25, 0.3) is 5.76 Å². The van der Waals surface area contributed by atoms with E-state index in [2.05, 4.69) is 9.72 Å². The van der Waals surface area contributed by atoms with Gasteiger partial charge in [-0.1, -0.05) is 18.2 Å². The number of aliphatic hydroxyl groups excluding tert-OH is 1. The van der Waals surface area contributed by atoms with Gasteiger partial charge in [-0.3, -0.25) is 29.6 Å². The molecule has 0 bridgehead atoms. The molecule has 0 radical (unpaired) electrons. The van der Waals surface area contributed by atoms with E-state index in [1.54, 1.807) is 12.1 Å². The third kappa shape index (κ3) is 4.67. The Morgan fingerprint density at radius 3 is 2.37 bits per heavy atom. The van der Waals surface area contributed by atoms with Gasteiger partial charge in [0.25, 0.3) is 17.4 Å². The summed E-state index contributed by atoms with van der Waals surface area (Å²) in [6, 6.07) is 12.5. The first-order valence-electron chi connectivity index (χ1n) is 9.89. The monoisotopic (exact) mass is 485 g/mol. The Kier molecular flexibility index (Phi) is 5.95. The fourth-order valence-corrected chi connectivity index (χ4v) is 3.65.